The van der Waals surface area contributed by atoms with E-state index in [4.69, 9.17) is 0 Å². The Balaban J connectivity index is 1.77. The molecule has 1 aromatic heterocycles. The third kappa shape index (κ3) is 2.11. The number of para-hydroxylation sites is 2. The van der Waals surface area contributed by atoms with E-state index in [0.29, 0.717) is 0 Å². The van der Waals surface area contributed by atoms with Crippen LogP contribution in [0.5, 0.6) is 0 Å². The number of aromatic nitrogens is 1. The molecule has 25 heavy (non-hydrogen) atoms. The first kappa shape index (κ1) is 14.4. The average molecular weight is 324 g/mol. The quantitative estimate of drug-likeness (QED) is 0.486. The minimum Gasteiger partial charge on any atom is -0.354 e. The highest BCUT2D eigenvalue weighted by Gasteiger charge is 2.35. The van der Waals surface area contributed by atoms with Crippen LogP contribution in [0.15, 0.2) is 84.9 Å². The van der Waals surface area contributed by atoms with Gasteiger partial charge in [0.15, 0.2) is 0 Å². The van der Waals surface area contributed by atoms with Gasteiger partial charge in [0.2, 0.25) is 0 Å². The number of anilines is 1. The van der Waals surface area contributed by atoms with Gasteiger partial charge in [-0.25, -0.2) is 0 Å². The van der Waals surface area contributed by atoms with E-state index in [1.165, 1.54) is 33.4 Å². The molecule has 0 bridgehead atoms. The van der Waals surface area contributed by atoms with Gasteiger partial charge < -0.3 is 9.47 Å². The molecule has 1 atom stereocenters. The van der Waals surface area contributed by atoms with Crippen LogP contribution in [-0.4, -0.2) is 4.57 Å². The second kappa shape index (κ2) is 5.52. The molecule has 122 valence electrons. The zero-order chi connectivity index (χ0) is 16.8. The minimum absolute atomic E-state index is 0.254. The van der Waals surface area contributed by atoms with Crippen LogP contribution in [0.1, 0.15) is 22.9 Å². The van der Waals surface area contributed by atoms with Gasteiger partial charge in [0.1, 0.15) is 0 Å². The standard InChI is InChI=1S/C23H20N2/c1-24-20-15-9-8-14-19(20)22-21(24)16-25(18-12-6-3-7-13-18)23(22)17-10-4-2-5-11-17/h2-15,23H,16H2,1H3. The monoisotopic (exact) mass is 324 g/mol. The molecule has 1 unspecified atom stereocenters. The summed E-state index contributed by atoms with van der Waals surface area (Å²) in [5, 5.41) is 1.37. The molecule has 1 aliphatic rings. The maximum atomic E-state index is 2.52. The van der Waals surface area contributed by atoms with Crippen molar-refractivity contribution in [2.75, 3.05) is 4.90 Å². The molecule has 0 radical (unpaired) electrons. The maximum absolute atomic E-state index is 2.52. The maximum Gasteiger partial charge on any atom is 0.0824 e. The Morgan fingerprint density at radius 3 is 2.16 bits per heavy atom. The lowest BCUT2D eigenvalue weighted by atomic mass is 9.98. The highest BCUT2D eigenvalue weighted by Crippen LogP contribution is 2.45. The molecule has 1 aliphatic heterocycles. The Bertz CT molecular complexity index is 1030. The van der Waals surface area contributed by atoms with E-state index in [-0.39, 0.29) is 6.04 Å². The molecule has 0 N–H and O–H groups in total. The molecule has 0 saturated carbocycles. The molecule has 2 nitrogen and oxygen atoms in total. The van der Waals surface area contributed by atoms with Crippen molar-refractivity contribution in [1.29, 1.82) is 0 Å². The van der Waals surface area contributed by atoms with Crippen LogP contribution < -0.4 is 4.90 Å². The van der Waals surface area contributed by atoms with Gasteiger partial charge >= 0.3 is 0 Å². The van der Waals surface area contributed by atoms with Gasteiger partial charge in [0.25, 0.3) is 0 Å². The number of fused-ring (bicyclic) bond motifs is 3. The summed E-state index contributed by atoms with van der Waals surface area (Å²) in [5.74, 6) is 0. The summed E-state index contributed by atoms with van der Waals surface area (Å²) < 4.78 is 2.36. The third-order valence-electron chi connectivity index (χ3n) is 5.38. The molecule has 0 amide bonds. The predicted molar refractivity (Wildman–Crippen MR) is 104 cm³/mol. The van der Waals surface area contributed by atoms with Crippen LogP contribution in [0.3, 0.4) is 0 Å². The highest BCUT2D eigenvalue weighted by molar-refractivity contribution is 5.88. The van der Waals surface area contributed by atoms with Crippen LogP contribution in [0.25, 0.3) is 10.9 Å². The molecular weight excluding hydrogens is 304 g/mol. The van der Waals surface area contributed by atoms with E-state index < -0.39 is 0 Å². The molecule has 3 aromatic carbocycles. The lowest BCUT2D eigenvalue weighted by Gasteiger charge is -2.28. The molecule has 0 spiro atoms. The summed E-state index contributed by atoms with van der Waals surface area (Å²) in [5.41, 5.74) is 6.81. The second-order valence-electron chi connectivity index (χ2n) is 6.71. The molecular formula is C23H20N2. The fourth-order valence-corrected chi connectivity index (χ4v) is 4.22. The first-order chi connectivity index (χ1) is 12.3. The van der Waals surface area contributed by atoms with E-state index in [1.54, 1.807) is 0 Å². The van der Waals surface area contributed by atoms with Crippen molar-refractivity contribution < 1.29 is 0 Å². The van der Waals surface area contributed by atoms with E-state index in [9.17, 15) is 0 Å². The Morgan fingerprint density at radius 2 is 1.40 bits per heavy atom. The second-order valence-corrected chi connectivity index (χ2v) is 6.71. The SMILES string of the molecule is Cn1c2c(c3ccccc31)C(c1ccccc1)N(c1ccccc1)C2. The summed E-state index contributed by atoms with van der Waals surface area (Å²) in [6.07, 6.45) is 0. The fourth-order valence-electron chi connectivity index (χ4n) is 4.22. The van der Waals surface area contributed by atoms with Gasteiger partial charge in [0.05, 0.1) is 12.6 Å². The van der Waals surface area contributed by atoms with Crippen LogP contribution in [0.2, 0.25) is 0 Å². The fraction of sp³-hybridized carbons (Fsp3) is 0.130. The van der Waals surface area contributed by atoms with Gasteiger partial charge in [-0.3, -0.25) is 0 Å². The van der Waals surface area contributed by atoms with E-state index in [2.05, 4.69) is 101 Å². The van der Waals surface area contributed by atoms with Crippen molar-refractivity contribution in [2.24, 2.45) is 7.05 Å². The summed E-state index contributed by atoms with van der Waals surface area (Å²) >= 11 is 0. The molecule has 2 heteroatoms. The van der Waals surface area contributed by atoms with Crippen molar-refractivity contribution in [2.45, 2.75) is 12.6 Å². The highest BCUT2D eigenvalue weighted by atomic mass is 15.2. The zero-order valence-corrected chi connectivity index (χ0v) is 14.3. The Labute approximate surface area is 147 Å². The zero-order valence-electron chi connectivity index (χ0n) is 14.3. The van der Waals surface area contributed by atoms with Gasteiger partial charge in [-0.1, -0.05) is 66.7 Å². The lowest BCUT2D eigenvalue weighted by molar-refractivity contribution is 0.755. The number of aryl methyl sites for hydroxylation is 1. The van der Waals surface area contributed by atoms with E-state index >= 15 is 0 Å². The third-order valence-corrected chi connectivity index (χ3v) is 5.38. The number of rotatable bonds is 2. The van der Waals surface area contributed by atoms with Gasteiger partial charge in [0, 0.05) is 34.9 Å². The van der Waals surface area contributed by atoms with Crippen molar-refractivity contribution in [3.63, 3.8) is 0 Å². The van der Waals surface area contributed by atoms with E-state index in [1.807, 2.05) is 0 Å². The molecule has 0 fully saturated rings. The number of hydrogen-bond donors (Lipinski definition) is 0. The van der Waals surface area contributed by atoms with Crippen LogP contribution in [0, 0.1) is 0 Å². The summed E-state index contributed by atoms with van der Waals surface area (Å²) in [6, 6.07) is 30.6. The largest absolute Gasteiger partial charge is 0.354 e. The number of nitrogens with zero attached hydrogens (tertiary/aromatic N) is 2. The van der Waals surface area contributed by atoms with Crippen molar-refractivity contribution >= 4 is 16.6 Å². The first-order valence-corrected chi connectivity index (χ1v) is 8.77. The predicted octanol–water partition coefficient (Wildman–Crippen LogP) is 5.29. The molecule has 0 aliphatic carbocycles. The van der Waals surface area contributed by atoms with Gasteiger partial charge in [-0.15, -0.1) is 0 Å². The molecule has 0 saturated heterocycles. The Hall–Kier alpha value is -3.00. The van der Waals surface area contributed by atoms with Gasteiger partial charge in [-0.2, -0.15) is 0 Å². The van der Waals surface area contributed by atoms with Crippen molar-refractivity contribution in [3.05, 3.63) is 102 Å². The van der Waals surface area contributed by atoms with Crippen molar-refractivity contribution in [1.82, 2.24) is 4.57 Å². The van der Waals surface area contributed by atoms with Crippen LogP contribution in [-0.2, 0) is 13.6 Å². The first-order valence-electron chi connectivity index (χ1n) is 8.77. The minimum atomic E-state index is 0.254. The Morgan fingerprint density at radius 1 is 0.760 bits per heavy atom. The normalized spacial score (nSPS) is 16.4. The molecule has 4 aromatic rings. The summed E-state index contributed by atoms with van der Waals surface area (Å²) in [7, 11) is 2.19. The topological polar surface area (TPSA) is 8.17 Å². The van der Waals surface area contributed by atoms with Crippen molar-refractivity contribution in [3.8, 4) is 0 Å². The number of benzene rings is 3. The molecule has 5 rings (SSSR count). The van der Waals surface area contributed by atoms with Gasteiger partial charge in [-0.05, 0) is 23.8 Å². The molecule has 2 heterocycles. The average Bonchev–Trinajstić information content (AvgIpc) is 3.20. The van der Waals surface area contributed by atoms with E-state index in [0.717, 1.165) is 6.54 Å². The lowest BCUT2D eigenvalue weighted by Crippen LogP contribution is -2.23. The van der Waals surface area contributed by atoms with Crippen LogP contribution >= 0.6 is 0 Å². The summed E-state index contributed by atoms with van der Waals surface area (Å²) in [4.78, 5) is 2.52. The Kier molecular flexibility index (Phi) is 3.17. The van der Waals surface area contributed by atoms with Crippen LogP contribution in [0.4, 0.5) is 5.69 Å². The number of hydrogen-bond acceptors (Lipinski definition) is 1. The smallest absolute Gasteiger partial charge is 0.0824 e. The summed E-state index contributed by atoms with van der Waals surface area (Å²) in [6.45, 7) is 0.935.